The normalized spacial score (nSPS) is 46.2. The molecule has 68 valence electrons. The van der Waals surface area contributed by atoms with Crippen molar-refractivity contribution in [3.05, 3.63) is 23.2 Å². The molecule has 4 fully saturated rings. The maximum absolute atomic E-state index is 6.93. The maximum Gasteiger partial charge on any atom is 0.154 e. The van der Waals surface area contributed by atoms with Crippen LogP contribution in [0.25, 0.3) is 4.85 Å². The highest BCUT2D eigenvalue weighted by molar-refractivity contribution is 5.21. The molecule has 0 saturated heterocycles. The first-order valence-electron chi connectivity index (χ1n) is 5.43. The van der Waals surface area contributed by atoms with Crippen molar-refractivity contribution in [1.29, 1.82) is 0 Å². The summed E-state index contributed by atoms with van der Waals surface area (Å²) in [7, 11) is 0. The fraction of sp³-hybridized carbons (Fsp3) is 0.750. The van der Waals surface area contributed by atoms with Crippen LogP contribution in [-0.2, 0) is 0 Å². The Bertz CT molecular complexity index is 265. The zero-order valence-electron chi connectivity index (χ0n) is 7.87. The van der Waals surface area contributed by atoms with Crippen LogP contribution in [0.1, 0.15) is 32.1 Å². The molecule has 0 atom stereocenters. The zero-order chi connectivity index (χ0) is 8.84. The van der Waals surface area contributed by atoms with Gasteiger partial charge in [0.15, 0.2) is 6.20 Å². The van der Waals surface area contributed by atoms with Gasteiger partial charge in [-0.1, -0.05) is 5.57 Å². The quantitative estimate of drug-likeness (QED) is 0.495. The Morgan fingerprint density at radius 3 is 2.00 bits per heavy atom. The molecule has 0 radical (unpaired) electrons. The van der Waals surface area contributed by atoms with E-state index in [0.29, 0.717) is 0 Å². The van der Waals surface area contributed by atoms with Crippen molar-refractivity contribution in [2.24, 2.45) is 23.7 Å². The molecular formula is C12H15N. The minimum atomic E-state index is 0.811. The molecule has 0 aromatic heterocycles. The second kappa shape index (κ2) is 2.61. The standard InChI is InChI=1S/C12H15N/c1-13-7-12-10-3-8-2-9(5-10)6-11(12)4-8/h7-11H,2-6H2. The van der Waals surface area contributed by atoms with E-state index in [0.717, 1.165) is 23.7 Å². The lowest BCUT2D eigenvalue weighted by molar-refractivity contribution is 0.0697. The summed E-state index contributed by atoms with van der Waals surface area (Å²) in [6.07, 6.45) is 8.93. The summed E-state index contributed by atoms with van der Waals surface area (Å²) in [5, 5.41) is 0. The third-order valence-electron chi connectivity index (χ3n) is 4.29. The minimum absolute atomic E-state index is 0.811. The first-order valence-corrected chi connectivity index (χ1v) is 5.43. The van der Waals surface area contributed by atoms with Gasteiger partial charge in [-0.3, -0.25) is 0 Å². The minimum Gasteiger partial charge on any atom is -0.246 e. The molecule has 0 aromatic rings. The largest absolute Gasteiger partial charge is 0.246 e. The second-order valence-electron chi connectivity index (χ2n) is 5.06. The predicted molar refractivity (Wildman–Crippen MR) is 51.7 cm³/mol. The molecule has 4 saturated carbocycles. The van der Waals surface area contributed by atoms with Gasteiger partial charge in [-0.2, -0.15) is 0 Å². The Balaban J connectivity index is 1.94. The van der Waals surface area contributed by atoms with E-state index in [2.05, 4.69) is 4.85 Å². The zero-order valence-corrected chi connectivity index (χ0v) is 7.87. The van der Waals surface area contributed by atoms with Crippen molar-refractivity contribution in [3.63, 3.8) is 0 Å². The number of rotatable bonds is 0. The Labute approximate surface area is 79.6 Å². The van der Waals surface area contributed by atoms with Gasteiger partial charge in [0.05, 0.1) is 6.57 Å². The molecule has 0 amide bonds. The molecule has 4 aliphatic carbocycles. The Kier molecular flexibility index (Phi) is 1.53. The van der Waals surface area contributed by atoms with Crippen LogP contribution >= 0.6 is 0 Å². The number of allylic oxidation sites excluding steroid dienone is 1. The molecule has 0 spiro atoms. The van der Waals surface area contributed by atoms with Crippen LogP contribution in [0.15, 0.2) is 11.8 Å². The van der Waals surface area contributed by atoms with Gasteiger partial charge < -0.3 is 0 Å². The van der Waals surface area contributed by atoms with Crippen molar-refractivity contribution in [2.45, 2.75) is 32.1 Å². The summed E-state index contributed by atoms with van der Waals surface area (Å²) in [6.45, 7) is 6.93. The van der Waals surface area contributed by atoms with Crippen molar-refractivity contribution < 1.29 is 0 Å². The highest BCUT2D eigenvalue weighted by Crippen LogP contribution is 2.56. The van der Waals surface area contributed by atoms with Crippen molar-refractivity contribution in [3.8, 4) is 0 Å². The van der Waals surface area contributed by atoms with E-state index >= 15 is 0 Å². The van der Waals surface area contributed by atoms with Crippen LogP contribution in [-0.4, -0.2) is 0 Å². The van der Waals surface area contributed by atoms with Gasteiger partial charge in [-0.05, 0) is 55.8 Å². The van der Waals surface area contributed by atoms with E-state index in [1.807, 2.05) is 6.20 Å². The molecule has 4 aliphatic rings. The lowest BCUT2D eigenvalue weighted by atomic mass is 9.54. The molecule has 0 aromatic carbocycles. The Morgan fingerprint density at radius 2 is 1.54 bits per heavy atom. The fourth-order valence-corrected chi connectivity index (χ4v) is 4.01. The van der Waals surface area contributed by atoms with Crippen molar-refractivity contribution in [1.82, 2.24) is 0 Å². The van der Waals surface area contributed by atoms with E-state index in [9.17, 15) is 0 Å². The number of hydrogen-bond acceptors (Lipinski definition) is 0. The monoisotopic (exact) mass is 173 g/mol. The van der Waals surface area contributed by atoms with Gasteiger partial charge in [0.1, 0.15) is 0 Å². The summed E-state index contributed by atoms with van der Waals surface area (Å²) in [4.78, 5) is 3.47. The van der Waals surface area contributed by atoms with Gasteiger partial charge >= 0.3 is 0 Å². The van der Waals surface area contributed by atoms with E-state index in [1.165, 1.54) is 37.7 Å². The molecule has 1 heteroatoms. The van der Waals surface area contributed by atoms with Crippen LogP contribution in [0.2, 0.25) is 0 Å². The highest BCUT2D eigenvalue weighted by atomic mass is 14.6. The predicted octanol–water partition coefficient (Wildman–Crippen LogP) is 3.25. The van der Waals surface area contributed by atoms with Crippen LogP contribution in [0.5, 0.6) is 0 Å². The third kappa shape index (κ3) is 1.05. The summed E-state index contributed by atoms with van der Waals surface area (Å²) in [6, 6.07) is 0. The summed E-state index contributed by atoms with van der Waals surface area (Å²) < 4.78 is 0. The maximum atomic E-state index is 6.93. The SMILES string of the molecule is [C-]#[N+]C=C1C2CC3CC(C2)CC1C3. The van der Waals surface area contributed by atoms with E-state index in [1.54, 1.807) is 0 Å². The van der Waals surface area contributed by atoms with Crippen molar-refractivity contribution >= 4 is 0 Å². The molecule has 0 heterocycles. The topological polar surface area (TPSA) is 4.36 Å². The first kappa shape index (κ1) is 7.62. The van der Waals surface area contributed by atoms with Crippen LogP contribution < -0.4 is 0 Å². The lowest BCUT2D eigenvalue weighted by Gasteiger charge is -2.51. The van der Waals surface area contributed by atoms with Crippen LogP contribution in [0, 0.1) is 30.2 Å². The van der Waals surface area contributed by atoms with Crippen LogP contribution in [0.4, 0.5) is 0 Å². The van der Waals surface area contributed by atoms with Gasteiger partial charge in [0.2, 0.25) is 0 Å². The average molecular weight is 173 g/mol. The van der Waals surface area contributed by atoms with Crippen LogP contribution in [0.3, 0.4) is 0 Å². The summed E-state index contributed by atoms with van der Waals surface area (Å²) >= 11 is 0. The molecule has 0 unspecified atom stereocenters. The highest BCUT2D eigenvalue weighted by Gasteiger charge is 2.44. The van der Waals surface area contributed by atoms with E-state index < -0.39 is 0 Å². The molecule has 4 bridgehead atoms. The Hall–Kier alpha value is -0.770. The molecular weight excluding hydrogens is 158 g/mol. The Morgan fingerprint density at radius 1 is 1.00 bits per heavy atom. The fourth-order valence-electron chi connectivity index (χ4n) is 4.01. The van der Waals surface area contributed by atoms with E-state index in [-0.39, 0.29) is 0 Å². The number of nitrogens with zero attached hydrogens (tertiary/aromatic N) is 1. The number of hydrogen-bond donors (Lipinski definition) is 0. The smallest absolute Gasteiger partial charge is 0.154 e. The van der Waals surface area contributed by atoms with Gasteiger partial charge in [0, 0.05) is 0 Å². The average Bonchev–Trinajstić information content (AvgIpc) is 2.10. The van der Waals surface area contributed by atoms with Crippen molar-refractivity contribution in [2.75, 3.05) is 0 Å². The molecule has 13 heavy (non-hydrogen) atoms. The molecule has 0 N–H and O–H groups in total. The third-order valence-corrected chi connectivity index (χ3v) is 4.29. The molecule has 0 aliphatic heterocycles. The van der Waals surface area contributed by atoms with Gasteiger partial charge in [-0.25, -0.2) is 4.85 Å². The lowest BCUT2D eigenvalue weighted by Crippen LogP contribution is -2.40. The first-order chi connectivity index (χ1) is 6.36. The van der Waals surface area contributed by atoms with Gasteiger partial charge in [0.25, 0.3) is 0 Å². The van der Waals surface area contributed by atoms with Gasteiger partial charge in [-0.15, -0.1) is 0 Å². The molecule has 1 nitrogen and oxygen atoms in total. The van der Waals surface area contributed by atoms with E-state index in [4.69, 9.17) is 6.57 Å². The summed E-state index contributed by atoms with van der Waals surface area (Å²) in [5.74, 6) is 3.66. The molecule has 4 rings (SSSR count). The second-order valence-corrected chi connectivity index (χ2v) is 5.06. The summed E-state index contributed by atoms with van der Waals surface area (Å²) in [5.41, 5.74) is 1.52.